The standard InChI is InChI=1S/C14H18N2/c1-12-5-2-3-6-13(12)7-9-14(11-15)8-4-10-16-14/h2-3,5-6,16H,4,7-10H2,1H3. The number of hydrogen-bond donors (Lipinski definition) is 1. The maximum atomic E-state index is 9.25. The van der Waals surface area contributed by atoms with Gasteiger partial charge in [-0.2, -0.15) is 5.26 Å². The van der Waals surface area contributed by atoms with Gasteiger partial charge in [-0.25, -0.2) is 0 Å². The Hall–Kier alpha value is -1.33. The zero-order valence-corrected chi connectivity index (χ0v) is 9.79. The first-order chi connectivity index (χ1) is 7.76. The molecule has 0 radical (unpaired) electrons. The average molecular weight is 214 g/mol. The lowest BCUT2D eigenvalue weighted by Gasteiger charge is -2.21. The van der Waals surface area contributed by atoms with Crippen LogP contribution in [0.1, 0.15) is 30.4 Å². The van der Waals surface area contributed by atoms with Crippen molar-refractivity contribution in [2.24, 2.45) is 0 Å². The van der Waals surface area contributed by atoms with Crippen molar-refractivity contribution < 1.29 is 0 Å². The van der Waals surface area contributed by atoms with Crippen molar-refractivity contribution in [3.05, 3.63) is 35.4 Å². The van der Waals surface area contributed by atoms with Gasteiger partial charge in [0.2, 0.25) is 0 Å². The van der Waals surface area contributed by atoms with E-state index in [1.807, 2.05) is 0 Å². The van der Waals surface area contributed by atoms with E-state index in [0.717, 1.165) is 32.2 Å². The second-order valence-corrected chi connectivity index (χ2v) is 4.65. The quantitative estimate of drug-likeness (QED) is 0.839. The minimum Gasteiger partial charge on any atom is -0.299 e. The van der Waals surface area contributed by atoms with Crippen molar-refractivity contribution in [3.63, 3.8) is 0 Å². The van der Waals surface area contributed by atoms with Crippen LogP contribution in [0.15, 0.2) is 24.3 Å². The first-order valence-corrected chi connectivity index (χ1v) is 5.97. The lowest BCUT2D eigenvalue weighted by Crippen LogP contribution is -2.38. The van der Waals surface area contributed by atoms with Gasteiger partial charge in [-0.05, 0) is 50.3 Å². The zero-order chi connectivity index (χ0) is 11.4. The van der Waals surface area contributed by atoms with Gasteiger partial charge >= 0.3 is 0 Å². The molecule has 0 amide bonds. The summed E-state index contributed by atoms with van der Waals surface area (Å²) in [6, 6.07) is 10.9. The normalized spacial score (nSPS) is 24.2. The fourth-order valence-corrected chi connectivity index (χ4v) is 2.41. The molecule has 0 aromatic heterocycles. The van der Waals surface area contributed by atoms with Crippen LogP contribution in [0.2, 0.25) is 0 Å². The highest BCUT2D eigenvalue weighted by Gasteiger charge is 2.32. The first-order valence-electron chi connectivity index (χ1n) is 5.97. The Kier molecular flexibility index (Phi) is 3.26. The van der Waals surface area contributed by atoms with Crippen LogP contribution in [-0.2, 0) is 6.42 Å². The lowest BCUT2D eigenvalue weighted by atomic mass is 9.90. The minimum atomic E-state index is -0.262. The topological polar surface area (TPSA) is 35.8 Å². The minimum absolute atomic E-state index is 0.262. The van der Waals surface area contributed by atoms with Crippen molar-refractivity contribution in [2.75, 3.05) is 6.54 Å². The molecule has 1 fully saturated rings. The fourth-order valence-electron chi connectivity index (χ4n) is 2.41. The van der Waals surface area contributed by atoms with Gasteiger partial charge in [0.15, 0.2) is 0 Å². The Bertz CT molecular complexity index is 397. The highest BCUT2D eigenvalue weighted by molar-refractivity contribution is 5.26. The smallest absolute Gasteiger partial charge is 0.107 e. The van der Waals surface area contributed by atoms with E-state index in [-0.39, 0.29) is 5.54 Å². The molecule has 1 aromatic carbocycles. The largest absolute Gasteiger partial charge is 0.299 e. The van der Waals surface area contributed by atoms with Crippen molar-refractivity contribution in [1.82, 2.24) is 5.32 Å². The van der Waals surface area contributed by atoms with Gasteiger partial charge in [-0.15, -0.1) is 0 Å². The Morgan fingerprint density at radius 1 is 1.44 bits per heavy atom. The highest BCUT2D eigenvalue weighted by Crippen LogP contribution is 2.24. The molecule has 1 aliphatic rings. The number of benzene rings is 1. The molecule has 1 saturated heterocycles. The molecule has 0 bridgehead atoms. The molecule has 1 aromatic rings. The first kappa shape index (κ1) is 11.2. The van der Waals surface area contributed by atoms with Crippen LogP contribution >= 0.6 is 0 Å². The summed E-state index contributed by atoms with van der Waals surface area (Å²) in [5.74, 6) is 0. The summed E-state index contributed by atoms with van der Waals surface area (Å²) < 4.78 is 0. The zero-order valence-electron chi connectivity index (χ0n) is 9.79. The Labute approximate surface area is 97.3 Å². The summed E-state index contributed by atoms with van der Waals surface area (Å²) >= 11 is 0. The number of nitrogens with zero attached hydrogens (tertiary/aromatic N) is 1. The summed E-state index contributed by atoms with van der Waals surface area (Å²) in [4.78, 5) is 0. The van der Waals surface area contributed by atoms with E-state index in [1.54, 1.807) is 0 Å². The molecule has 0 saturated carbocycles. The molecule has 1 aliphatic heterocycles. The van der Waals surface area contributed by atoms with Gasteiger partial charge < -0.3 is 0 Å². The summed E-state index contributed by atoms with van der Waals surface area (Å²) in [5.41, 5.74) is 2.43. The lowest BCUT2D eigenvalue weighted by molar-refractivity contribution is 0.447. The number of aryl methyl sites for hydroxylation is 2. The van der Waals surface area contributed by atoms with Gasteiger partial charge in [0, 0.05) is 0 Å². The third kappa shape index (κ3) is 2.25. The molecule has 2 nitrogen and oxygen atoms in total. The second kappa shape index (κ2) is 4.67. The van der Waals surface area contributed by atoms with Gasteiger partial charge in [0.1, 0.15) is 5.54 Å². The third-order valence-corrected chi connectivity index (χ3v) is 3.54. The SMILES string of the molecule is Cc1ccccc1CCC1(C#N)CCCN1. The molecule has 0 aliphatic carbocycles. The van der Waals surface area contributed by atoms with Gasteiger partial charge in [0.05, 0.1) is 6.07 Å². The summed E-state index contributed by atoms with van der Waals surface area (Å²) in [7, 11) is 0. The molecule has 1 unspecified atom stereocenters. The van der Waals surface area contributed by atoms with Crippen LogP contribution in [0.5, 0.6) is 0 Å². The van der Waals surface area contributed by atoms with E-state index >= 15 is 0 Å². The van der Waals surface area contributed by atoms with Crippen molar-refractivity contribution in [3.8, 4) is 6.07 Å². The molecular weight excluding hydrogens is 196 g/mol. The number of nitriles is 1. The average Bonchev–Trinajstić information content (AvgIpc) is 2.78. The fraction of sp³-hybridized carbons (Fsp3) is 0.500. The Morgan fingerprint density at radius 3 is 2.88 bits per heavy atom. The molecule has 0 spiro atoms. The monoisotopic (exact) mass is 214 g/mol. The van der Waals surface area contributed by atoms with E-state index in [2.05, 4.69) is 42.6 Å². The highest BCUT2D eigenvalue weighted by atomic mass is 15.0. The van der Waals surface area contributed by atoms with E-state index < -0.39 is 0 Å². The third-order valence-electron chi connectivity index (χ3n) is 3.54. The molecule has 1 heterocycles. The second-order valence-electron chi connectivity index (χ2n) is 4.65. The van der Waals surface area contributed by atoms with E-state index in [0.29, 0.717) is 0 Å². The van der Waals surface area contributed by atoms with E-state index in [9.17, 15) is 5.26 Å². The van der Waals surface area contributed by atoms with Crippen LogP contribution < -0.4 is 5.32 Å². The predicted octanol–water partition coefficient (Wildman–Crippen LogP) is 2.57. The van der Waals surface area contributed by atoms with Crippen LogP contribution in [0.25, 0.3) is 0 Å². The number of hydrogen-bond acceptors (Lipinski definition) is 2. The molecule has 16 heavy (non-hydrogen) atoms. The van der Waals surface area contributed by atoms with Crippen LogP contribution in [0.3, 0.4) is 0 Å². The predicted molar refractivity (Wildman–Crippen MR) is 65.1 cm³/mol. The molecule has 1 atom stereocenters. The summed E-state index contributed by atoms with van der Waals surface area (Å²) in [6.07, 6.45) is 4.04. The number of nitrogens with one attached hydrogen (secondary N) is 1. The van der Waals surface area contributed by atoms with Crippen molar-refractivity contribution in [2.45, 2.75) is 38.1 Å². The number of rotatable bonds is 3. The van der Waals surface area contributed by atoms with Crippen LogP contribution in [-0.4, -0.2) is 12.1 Å². The van der Waals surface area contributed by atoms with Crippen molar-refractivity contribution in [1.29, 1.82) is 5.26 Å². The van der Waals surface area contributed by atoms with Gasteiger partial charge in [-0.1, -0.05) is 24.3 Å². The van der Waals surface area contributed by atoms with Gasteiger partial charge in [-0.3, -0.25) is 5.32 Å². The van der Waals surface area contributed by atoms with Crippen molar-refractivity contribution >= 4 is 0 Å². The van der Waals surface area contributed by atoms with Crippen LogP contribution in [0, 0.1) is 18.3 Å². The molecule has 2 heteroatoms. The van der Waals surface area contributed by atoms with Gasteiger partial charge in [0.25, 0.3) is 0 Å². The Balaban J connectivity index is 2.02. The molecule has 84 valence electrons. The molecule has 1 N–H and O–H groups in total. The maximum absolute atomic E-state index is 9.25. The molecular formula is C14H18N2. The molecule has 2 rings (SSSR count). The summed E-state index contributed by atoms with van der Waals surface area (Å²) in [6.45, 7) is 3.12. The van der Waals surface area contributed by atoms with E-state index in [1.165, 1.54) is 11.1 Å². The summed E-state index contributed by atoms with van der Waals surface area (Å²) in [5, 5.41) is 12.6. The maximum Gasteiger partial charge on any atom is 0.107 e. The van der Waals surface area contributed by atoms with E-state index in [4.69, 9.17) is 0 Å². The van der Waals surface area contributed by atoms with Crippen LogP contribution in [0.4, 0.5) is 0 Å². The Morgan fingerprint density at radius 2 is 2.25 bits per heavy atom.